The lowest BCUT2D eigenvalue weighted by atomic mass is 10.2. The van der Waals surface area contributed by atoms with Crippen molar-refractivity contribution in [3.8, 4) is 0 Å². The fraction of sp³-hybridized carbons (Fsp3) is 0.545. The first-order chi connectivity index (χ1) is 13.8. The van der Waals surface area contributed by atoms with Crippen LogP contribution < -0.4 is 10.2 Å². The molecule has 2 aromatic rings. The highest BCUT2D eigenvalue weighted by Crippen LogP contribution is 2.22. The summed E-state index contributed by atoms with van der Waals surface area (Å²) in [6.45, 7) is 5.21. The fourth-order valence-corrected chi connectivity index (χ4v) is 4.40. The van der Waals surface area contributed by atoms with E-state index in [1.165, 1.54) is 44.1 Å². The van der Waals surface area contributed by atoms with Crippen LogP contribution in [0, 0.1) is 0 Å². The number of nitrogens with one attached hydrogen (secondary N) is 1. The molecule has 0 spiro atoms. The van der Waals surface area contributed by atoms with E-state index in [4.69, 9.17) is 16.6 Å². The Morgan fingerprint density at radius 1 is 0.964 bits per heavy atom. The van der Waals surface area contributed by atoms with Gasteiger partial charge in [0.15, 0.2) is 0 Å². The minimum absolute atomic E-state index is 0.515. The molecule has 2 fully saturated rings. The number of nitrogens with zero attached hydrogens (tertiary/aromatic N) is 4. The van der Waals surface area contributed by atoms with Crippen LogP contribution in [0.2, 0.25) is 5.02 Å². The Bertz CT molecular complexity index is 743. The third-order valence-corrected chi connectivity index (χ3v) is 6.12. The van der Waals surface area contributed by atoms with Crippen molar-refractivity contribution in [2.75, 3.05) is 36.4 Å². The van der Waals surface area contributed by atoms with Crippen LogP contribution in [0.1, 0.15) is 44.1 Å². The van der Waals surface area contributed by atoms with Crippen molar-refractivity contribution in [3.63, 3.8) is 0 Å². The molecule has 1 atom stereocenters. The van der Waals surface area contributed by atoms with Gasteiger partial charge in [0.25, 0.3) is 0 Å². The van der Waals surface area contributed by atoms with Crippen LogP contribution in [0.15, 0.2) is 36.5 Å². The highest BCUT2D eigenvalue weighted by atomic mass is 35.5. The van der Waals surface area contributed by atoms with Gasteiger partial charge in [-0.1, -0.05) is 36.6 Å². The molecule has 4 rings (SSSR count). The first-order valence-electron chi connectivity index (χ1n) is 10.6. The molecule has 0 saturated carbocycles. The third-order valence-electron chi connectivity index (χ3n) is 5.86. The summed E-state index contributed by atoms with van der Waals surface area (Å²) in [4.78, 5) is 14.2. The summed E-state index contributed by atoms with van der Waals surface area (Å²) in [6.07, 6.45) is 9.52. The van der Waals surface area contributed by atoms with E-state index in [2.05, 4.69) is 32.2 Å². The van der Waals surface area contributed by atoms with E-state index in [0.29, 0.717) is 6.04 Å². The van der Waals surface area contributed by atoms with Crippen molar-refractivity contribution in [1.82, 2.24) is 14.9 Å². The molecule has 3 heterocycles. The number of aromatic nitrogens is 2. The Morgan fingerprint density at radius 3 is 2.54 bits per heavy atom. The molecule has 1 N–H and O–H groups in total. The summed E-state index contributed by atoms with van der Waals surface area (Å²) in [6, 6.07) is 10.8. The van der Waals surface area contributed by atoms with Crippen LogP contribution in [0.5, 0.6) is 0 Å². The molecule has 2 aliphatic heterocycles. The standard InChI is InChI=1S/C22H30ClN5/c23-19-9-7-18(8-10-19)17-28-15-5-6-20(28)16-25-22-24-12-11-21(26-22)27-13-3-1-2-4-14-27/h7-12,20H,1-6,13-17H2,(H,24,25,26). The van der Waals surface area contributed by atoms with Crippen molar-refractivity contribution in [3.05, 3.63) is 47.1 Å². The van der Waals surface area contributed by atoms with E-state index in [1.807, 2.05) is 24.4 Å². The maximum absolute atomic E-state index is 6.01. The van der Waals surface area contributed by atoms with Gasteiger partial charge in [-0.05, 0) is 56.0 Å². The number of halogens is 1. The molecule has 150 valence electrons. The zero-order valence-electron chi connectivity index (χ0n) is 16.5. The fourth-order valence-electron chi connectivity index (χ4n) is 4.28. The van der Waals surface area contributed by atoms with Gasteiger partial charge in [-0.2, -0.15) is 4.98 Å². The average molecular weight is 400 g/mol. The predicted molar refractivity (Wildman–Crippen MR) is 116 cm³/mol. The van der Waals surface area contributed by atoms with Gasteiger partial charge in [-0.25, -0.2) is 4.98 Å². The molecule has 5 nitrogen and oxygen atoms in total. The monoisotopic (exact) mass is 399 g/mol. The summed E-state index contributed by atoms with van der Waals surface area (Å²) in [5, 5.41) is 4.29. The largest absolute Gasteiger partial charge is 0.356 e. The first kappa shape index (κ1) is 19.5. The molecule has 0 bridgehead atoms. The maximum atomic E-state index is 6.01. The molecule has 6 heteroatoms. The number of anilines is 2. The SMILES string of the molecule is Clc1ccc(CN2CCCC2CNc2nccc(N3CCCCCC3)n2)cc1. The van der Waals surface area contributed by atoms with Gasteiger partial charge < -0.3 is 10.2 Å². The van der Waals surface area contributed by atoms with E-state index in [-0.39, 0.29) is 0 Å². The normalized spacial score (nSPS) is 20.9. The minimum Gasteiger partial charge on any atom is -0.356 e. The van der Waals surface area contributed by atoms with Crippen molar-refractivity contribution in [2.24, 2.45) is 0 Å². The average Bonchev–Trinajstić information content (AvgIpc) is 2.98. The summed E-state index contributed by atoms with van der Waals surface area (Å²) >= 11 is 6.01. The number of likely N-dealkylation sites (tertiary alicyclic amines) is 1. The van der Waals surface area contributed by atoms with Crippen molar-refractivity contribution in [1.29, 1.82) is 0 Å². The van der Waals surface area contributed by atoms with Crippen LogP contribution >= 0.6 is 11.6 Å². The van der Waals surface area contributed by atoms with Crippen molar-refractivity contribution < 1.29 is 0 Å². The number of rotatable bonds is 6. The number of hydrogen-bond acceptors (Lipinski definition) is 5. The lowest BCUT2D eigenvalue weighted by molar-refractivity contribution is 0.254. The highest BCUT2D eigenvalue weighted by Gasteiger charge is 2.24. The minimum atomic E-state index is 0.515. The van der Waals surface area contributed by atoms with Gasteiger partial charge in [0.1, 0.15) is 5.82 Å². The summed E-state index contributed by atoms with van der Waals surface area (Å²) in [5.41, 5.74) is 1.32. The molecule has 2 aliphatic rings. The third kappa shape index (κ3) is 5.15. The number of hydrogen-bond donors (Lipinski definition) is 1. The Labute approximate surface area is 173 Å². The van der Waals surface area contributed by atoms with Crippen LogP contribution in [-0.2, 0) is 6.54 Å². The lowest BCUT2D eigenvalue weighted by Crippen LogP contribution is -2.34. The summed E-state index contributed by atoms with van der Waals surface area (Å²) in [5.74, 6) is 1.81. The van der Waals surface area contributed by atoms with Gasteiger partial charge in [-0.15, -0.1) is 0 Å². The lowest BCUT2D eigenvalue weighted by Gasteiger charge is -2.25. The molecule has 2 saturated heterocycles. The Morgan fingerprint density at radius 2 is 1.75 bits per heavy atom. The Balaban J connectivity index is 1.34. The second-order valence-electron chi connectivity index (χ2n) is 7.91. The Kier molecular flexibility index (Phi) is 6.65. The number of benzene rings is 1. The van der Waals surface area contributed by atoms with Crippen LogP contribution in [0.25, 0.3) is 0 Å². The van der Waals surface area contributed by atoms with Crippen molar-refractivity contribution in [2.45, 2.75) is 51.1 Å². The first-order valence-corrected chi connectivity index (χ1v) is 11.0. The molecular weight excluding hydrogens is 370 g/mol. The molecule has 1 unspecified atom stereocenters. The van der Waals surface area contributed by atoms with E-state index >= 15 is 0 Å². The summed E-state index contributed by atoms with van der Waals surface area (Å²) < 4.78 is 0. The van der Waals surface area contributed by atoms with Crippen LogP contribution in [0.3, 0.4) is 0 Å². The second-order valence-corrected chi connectivity index (χ2v) is 8.35. The predicted octanol–water partition coefficient (Wildman–Crippen LogP) is 4.59. The van der Waals surface area contributed by atoms with E-state index < -0.39 is 0 Å². The quantitative estimate of drug-likeness (QED) is 0.769. The van der Waals surface area contributed by atoms with Gasteiger partial charge in [0.05, 0.1) is 0 Å². The highest BCUT2D eigenvalue weighted by molar-refractivity contribution is 6.30. The summed E-state index contributed by atoms with van der Waals surface area (Å²) in [7, 11) is 0. The zero-order valence-corrected chi connectivity index (χ0v) is 17.2. The van der Waals surface area contributed by atoms with Gasteiger partial charge >= 0.3 is 0 Å². The van der Waals surface area contributed by atoms with Gasteiger partial charge in [0.2, 0.25) is 5.95 Å². The topological polar surface area (TPSA) is 44.3 Å². The molecule has 0 amide bonds. The molecule has 28 heavy (non-hydrogen) atoms. The molecular formula is C22H30ClN5. The Hall–Kier alpha value is -1.85. The van der Waals surface area contributed by atoms with E-state index in [0.717, 1.165) is 49.5 Å². The second kappa shape index (κ2) is 9.57. The van der Waals surface area contributed by atoms with E-state index in [9.17, 15) is 0 Å². The van der Waals surface area contributed by atoms with Crippen LogP contribution in [0.4, 0.5) is 11.8 Å². The molecule has 1 aromatic carbocycles. The van der Waals surface area contributed by atoms with Gasteiger partial charge in [-0.3, -0.25) is 4.90 Å². The smallest absolute Gasteiger partial charge is 0.224 e. The zero-order chi connectivity index (χ0) is 19.2. The van der Waals surface area contributed by atoms with E-state index in [1.54, 1.807) is 0 Å². The van der Waals surface area contributed by atoms with Crippen LogP contribution in [-0.4, -0.2) is 47.1 Å². The molecule has 0 radical (unpaired) electrons. The van der Waals surface area contributed by atoms with Gasteiger partial charge in [0, 0.05) is 43.4 Å². The molecule has 0 aliphatic carbocycles. The van der Waals surface area contributed by atoms with Crippen molar-refractivity contribution >= 4 is 23.4 Å². The molecule has 1 aromatic heterocycles. The maximum Gasteiger partial charge on any atom is 0.224 e.